The average molecular weight is 420 g/mol. The molecule has 2 aromatic rings. The molecule has 8 heteroatoms. The van der Waals surface area contributed by atoms with E-state index in [2.05, 4.69) is 5.32 Å². The number of ketones is 1. The van der Waals surface area contributed by atoms with Crippen LogP contribution < -0.4 is 14.8 Å². The van der Waals surface area contributed by atoms with E-state index in [0.717, 1.165) is 0 Å². The minimum absolute atomic E-state index is 0.111. The highest BCUT2D eigenvalue weighted by Crippen LogP contribution is 2.37. The number of Topliss-reactive ketones (excluding diaryl/α,β-unsaturated/α-hetero) is 1. The molecule has 154 valence electrons. The molecule has 0 unspecified atom stereocenters. The van der Waals surface area contributed by atoms with Crippen LogP contribution in [0.5, 0.6) is 11.5 Å². The number of methoxy groups -OCH3 is 1. The minimum atomic E-state index is -0.753. The lowest BCUT2D eigenvalue weighted by Crippen LogP contribution is -2.22. The Morgan fingerprint density at radius 3 is 2.45 bits per heavy atom. The Balaban J connectivity index is 2.06. The summed E-state index contributed by atoms with van der Waals surface area (Å²) >= 11 is 6.19. The third-order valence-corrected chi connectivity index (χ3v) is 4.01. The Morgan fingerprint density at radius 2 is 1.83 bits per heavy atom. The predicted molar refractivity (Wildman–Crippen MR) is 109 cm³/mol. The number of anilines is 1. The van der Waals surface area contributed by atoms with E-state index in [1.165, 1.54) is 26.2 Å². The van der Waals surface area contributed by atoms with Gasteiger partial charge >= 0.3 is 5.97 Å². The number of carbonyl (C=O) groups is 3. The van der Waals surface area contributed by atoms with E-state index >= 15 is 0 Å². The zero-order valence-electron chi connectivity index (χ0n) is 16.6. The van der Waals surface area contributed by atoms with E-state index in [9.17, 15) is 14.4 Å². The Bertz CT molecular complexity index is 925. The first-order valence-corrected chi connectivity index (χ1v) is 9.21. The van der Waals surface area contributed by atoms with Gasteiger partial charge in [-0.05, 0) is 45.0 Å². The van der Waals surface area contributed by atoms with Crippen LogP contribution in [0.15, 0.2) is 36.4 Å². The molecule has 0 saturated heterocycles. The molecule has 0 heterocycles. The van der Waals surface area contributed by atoms with Crippen LogP contribution in [-0.2, 0) is 9.53 Å². The molecular formula is C21H22ClNO6. The number of benzene rings is 2. The maximum absolute atomic E-state index is 12.3. The van der Waals surface area contributed by atoms with Crippen molar-refractivity contribution in [2.75, 3.05) is 19.0 Å². The first-order chi connectivity index (χ1) is 13.7. The molecule has 0 radical (unpaired) electrons. The van der Waals surface area contributed by atoms with Crippen LogP contribution in [0.1, 0.15) is 41.5 Å². The molecule has 29 heavy (non-hydrogen) atoms. The molecule has 1 amide bonds. The second-order valence-electron chi connectivity index (χ2n) is 6.38. The Labute approximate surface area is 173 Å². The van der Waals surface area contributed by atoms with E-state index in [1.54, 1.807) is 24.3 Å². The summed E-state index contributed by atoms with van der Waals surface area (Å²) in [6, 6.07) is 9.37. The van der Waals surface area contributed by atoms with Crippen LogP contribution in [0, 0.1) is 0 Å². The number of esters is 1. The van der Waals surface area contributed by atoms with Crippen molar-refractivity contribution < 1.29 is 28.6 Å². The molecule has 0 saturated carbocycles. The van der Waals surface area contributed by atoms with Gasteiger partial charge in [0.2, 0.25) is 0 Å². The zero-order chi connectivity index (χ0) is 21.6. The number of ether oxygens (including phenoxy) is 3. The fourth-order valence-corrected chi connectivity index (χ4v) is 2.74. The number of amides is 1. The lowest BCUT2D eigenvalue weighted by Gasteiger charge is -2.16. The van der Waals surface area contributed by atoms with Gasteiger partial charge in [0.1, 0.15) is 0 Å². The maximum atomic E-state index is 12.3. The zero-order valence-corrected chi connectivity index (χ0v) is 17.3. The summed E-state index contributed by atoms with van der Waals surface area (Å²) in [6.45, 7) is 4.53. The molecule has 0 fully saturated rings. The van der Waals surface area contributed by atoms with E-state index < -0.39 is 18.5 Å². The first kappa shape index (κ1) is 22.2. The number of halogens is 1. The molecule has 0 aliphatic rings. The highest BCUT2D eigenvalue weighted by atomic mass is 35.5. The maximum Gasteiger partial charge on any atom is 0.338 e. The van der Waals surface area contributed by atoms with Crippen LogP contribution in [0.25, 0.3) is 0 Å². The summed E-state index contributed by atoms with van der Waals surface area (Å²) < 4.78 is 15.9. The van der Waals surface area contributed by atoms with Crippen LogP contribution >= 0.6 is 11.6 Å². The molecule has 1 N–H and O–H groups in total. The molecule has 0 spiro atoms. The SMILES string of the molecule is COc1cc(C(=O)OCC(=O)Nc2ccccc2C(C)=O)cc(Cl)c1OC(C)C. The first-order valence-electron chi connectivity index (χ1n) is 8.84. The lowest BCUT2D eigenvalue weighted by molar-refractivity contribution is -0.119. The van der Waals surface area contributed by atoms with Gasteiger partial charge in [0.25, 0.3) is 5.91 Å². The van der Waals surface area contributed by atoms with Gasteiger partial charge in [-0.1, -0.05) is 23.7 Å². The highest BCUT2D eigenvalue weighted by Gasteiger charge is 2.19. The monoisotopic (exact) mass is 419 g/mol. The van der Waals surface area contributed by atoms with E-state index in [-0.39, 0.29) is 28.2 Å². The lowest BCUT2D eigenvalue weighted by atomic mass is 10.1. The van der Waals surface area contributed by atoms with Gasteiger partial charge in [-0.25, -0.2) is 4.79 Å². The molecule has 0 aliphatic heterocycles. The topological polar surface area (TPSA) is 90.9 Å². The van der Waals surface area contributed by atoms with Crippen molar-refractivity contribution in [2.24, 2.45) is 0 Å². The number of para-hydroxylation sites is 1. The second kappa shape index (κ2) is 9.93. The van der Waals surface area contributed by atoms with E-state index in [1.807, 2.05) is 13.8 Å². The van der Waals surface area contributed by atoms with E-state index in [4.69, 9.17) is 25.8 Å². The molecule has 7 nitrogen and oxygen atoms in total. The Morgan fingerprint density at radius 1 is 1.14 bits per heavy atom. The number of rotatable bonds is 8. The van der Waals surface area contributed by atoms with Gasteiger partial charge in [-0.15, -0.1) is 0 Å². The molecule has 0 aliphatic carbocycles. The Hall–Kier alpha value is -3.06. The summed E-state index contributed by atoms with van der Waals surface area (Å²) in [5, 5.41) is 2.74. The largest absolute Gasteiger partial charge is 0.493 e. The molecule has 0 atom stereocenters. The minimum Gasteiger partial charge on any atom is -0.493 e. The van der Waals surface area contributed by atoms with Crippen LogP contribution in [-0.4, -0.2) is 37.5 Å². The van der Waals surface area contributed by atoms with Crippen molar-refractivity contribution in [3.05, 3.63) is 52.5 Å². The third kappa shape index (κ3) is 5.96. The summed E-state index contributed by atoms with van der Waals surface area (Å²) in [5.74, 6) is -0.929. The third-order valence-electron chi connectivity index (χ3n) is 3.73. The van der Waals surface area contributed by atoms with Gasteiger partial charge in [0.05, 0.1) is 29.5 Å². The molecule has 2 aromatic carbocycles. The van der Waals surface area contributed by atoms with Gasteiger partial charge < -0.3 is 19.5 Å². The summed E-state index contributed by atoms with van der Waals surface area (Å²) in [6.07, 6.45) is -0.138. The van der Waals surface area contributed by atoms with Crippen LogP contribution in [0.3, 0.4) is 0 Å². The van der Waals surface area contributed by atoms with Crippen molar-refractivity contribution in [3.8, 4) is 11.5 Å². The average Bonchev–Trinajstić information content (AvgIpc) is 2.67. The summed E-state index contributed by atoms with van der Waals surface area (Å²) in [5.41, 5.74) is 0.824. The fraction of sp³-hybridized carbons (Fsp3) is 0.286. The molecular weight excluding hydrogens is 398 g/mol. The van der Waals surface area contributed by atoms with Gasteiger partial charge in [-0.2, -0.15) is 0 Å². The summed E-state index contributed by atoms with van der Waals surface area (Å²) in [4.78, 5) is 36.1. The predicted octanol–water partition coefficient (Wildman–Crippen LogP) is 4.13. The number of nitrogens with one attached hydrogen (secondary N) is 1. The van der Waals surface area contributed by atoms with Crippen LogP contribution in [0.2, 0.25) is 5.02 Å². The van der Waals surface area contributed by atoms with Crippen molar-refractivity contribution in [1.29, 1.82) is 0 Å². The second-order valence-corrected chi connectivity index (χ2v) is 6.79. The van der Waals surface area contributed by atoms with Gasteiger partial charge in [0.15, 0.2) is 23.9 Å². The van der Waals surface area contributed by atoms with Gasteiger partial charge in [-0.3, -0.25) is 9.59 Å². The Kier molecular flexibility index (Phi) is 7.61. The molecule has 0 bridgehead atoms. The normalized spacial score (nSPS) is 10.4. The quantitative estimate of drug-likeness (QED) is 0.511. The molecule has 2 rings (SSSR count). The van der Waals surface area contributed by atoms with Crippen molar-refractivity contribution in [2.45, 2.75) is 26.9 Å². The molecule has 0 aromatic heterocycles. The van der Waals surface area contributed by atoms with E-state index in [0.29, 0.717) is 17.0 Å². The number of hydrogen-bond acceptors (Lipinski definition) is 6. The smallest absolute Gasteiger partial charge is 0.338 e. The fourth-order valence-electron chi connectivity index (χ4n) is 2.49. The summed E-state index contributed by atoms with van der Waals surface area (Å²) in [7, 11) is 1.42. The number of carbonyl (C=O) groups excluding carboxylic acids is 3. The van der Waals surface area contributed by atoms with Crippen molar-refractivity contribution >= 4 is 34.9 Å². The highest BCUT2D eigenvalue weighted by molar-refractivity contribution is 6.32. The standard InChI is InChI=1S/C21H22ClNO6/c1-12(2)29-20-16(22)9-14(10-18(20)27-4)21(26)28-11-19(25)23-17-8-6-5-7-15(17)13(3)24/h5-10,12H,11H2,1-4H3,(H,23,25). The van der Waals surface area contributed by atoms with Crippen molar-refractivity contribution in [3.63, 3.8) is 0 Å². The van der Waals surface area contributed by atoms with Crippen LogP contribution in [0.4, 0.5) is 5.69 Å². The van der Waals surface area contributed by atoms with Gasteiger partial charge in [0, 0.05) is 5.56 Å². The number of hydrogen-bond donors (Lipinski definition) is 1. The van der Waals surface area contributed by atoms with Crippen molar-refractivity contribution in [1.82, 2.24) is 0 Å².